The molecule has 0 radical (unpaired) electrons. The van der Waals surface area contributed by atoms with Gasteiger partial charge in [-0.15, -0.1) is 11.8 Å². The van der Waals surface area contributed by atoms with E-state index >= 15 is 0 Å². The zero-order chi connectivity index (χ0) is 14.5. The van der Waals surface area contributed by atoms with Crippen LogP contribution in [0.4, 0.5) is 0 Å². The molecule has 0 saturated heterocycles. The van der Waals surface area contributed by atoms with Crippen molar-refractivity contribution in [1.82, 2.24) is 5.32 Å². The second-order valence-electron chi connectivity index (χ2n) is 4.50. The monoisotopic (exact) mass is 325 g/mol. The summed E-state index contributed by atoms with van der Waals surface area (Å²) in [4.78, 5) is 1.28. The third kappa shape index (κ3) is 3.50. The number of halogens is 2. The van der Waals surface area contributed by atoms with E-state index in [1.54, 1.807) is 11.8 Å². The van der Waals surface area contributed by atoms with Crippen LogP contribution in [0, 0.1) is 0 Å². The zero-order valence-electron chi connectivity index (χ0n) is 11.5. The number of likely N-dealkylation sites (N-methyl/N-ethyl adjacent to an activating group) is 1. The van der Waals surface area contributed by atoms with Crippen molar-refractivity contribution in [1.29, 1.82) is 0 Å². The predicted octanol–water partition coefficient (Wildman–Crippen LogP) is 5.22. The molecule has 0 aliphatic heterocycles. The Morgan fingerprint density at radius 1 is 1.10 bits per heavy atom. The lowest BCUT2D eigenvalue weighted by Gasteiger charge is -2.20. The van der Waals surface area contributed by atoms with Gasteiger partial charge in [-0.25, -0.2) is 0 Å². The average molecular weight is 326 g/mol. The predicted molar refractivity (Wildman–Crippen MR) is 90.2 cm³/mol. The highest BCUT2D eigenvalue weighted by atomic mass is 35.5. The molecule has 2 aromatic carbocycles. The fraction of sp³-hybridized carbons (Fsp3) is 0.250. The summed E-state index contributed by atoms with van der Waals surface area (Å²) in [6.45, 7) is 0. The Morgan fingerprint density at radius 2 is 1.85 bits per heavy atom. The van der Waals surface area contributed by atoms with Crippen LogP contribution < -0.4 is 5.32 Å². The summed E-state index contributed by atoms with van der Waals surface area (Å²) in [7, 11) is 1.97. The molecule has 0 fully saturated rings. The van der Waals surface area contributed by atoms with Gasteiger partial charge in [0.1, 0.15) is 0 Å². The first-order chi connectivity index (χ1) is 9.67. The van der Waals surface area contributed by atoms with Gasteiger partial charge in [0.15, 0.2) is 0 Å². The second kappa shape index (κ2) is 7.37. The van der Waals surface area contributed by atoms with Crippen molar-refractivity contribution in [2.24, 2.45) is 0 Å². The van der Waals surface area contributed by atoms with E-state index in [1.807, 2.05) is 25.2 Å². The molecule has 106 valence electrons. The van der Waals surface area contributed by atoms with Crippen LogP contribution in [0.1, 0.15) is 17.2 Å². The Balaban J connectivity index is 2.31. The highest BCUT2D eigenvalue weighted by Gasteiger charge is 2.15. The second-order valence-corrected chi connectivity index (χ2v) is 6.13. The molecule has 0 aliphatic carbocycles. The van der Waals surface area contributed by atoms with Gasteiger partial charge in [-0.05, 0) is 43.0 Å². The maximum atomic E-state index is 6.29. The van der Waals surface area contributed by atoms with E-state index in [0.29, 0.717) is 10.0 Å². The maximum Gasteiger partial charge on any atom is 0.0624 e. The van der Waals surface area contributed by atoms with Crippen molar-refractivity contribution in [2.45, 2.75) is 17.4 Å². The third-order valence-corrected chi connectivity index (χ3v) is 4.99. The number of rotatable bonds is 5. The first-order valence-electron chi connectivity index (χ1n) is 6.40. The van der Waals surface area contributed by atoms with E-state index in [9.17, 15) is 0 Å². The Bertz CT molecular complexity index is 586. The van der Waals surface area contributed by atoms with Gasteiger partial charge in [0.2, 0.25) is 0 Å². The highest BCUT2D eigenvalue weighted by molar-refractivity contribution is 7.98. The van der Waals surface area contributed by atoms with E-state index < -0.39 is 0 Å². The van der Waals surface area contributed by atoms with Crippen LogP contribution in [0.25, 0.3) is 0 Å². The molecular formula is C16H17Cl2NS. The minimum absolute atomic E-state index is 0.217. The molecule has 1 unspecified atom stereocenters. The van der Waals surface area contributed by atoms with Crippen LogP contribution in [0.5, 0.6) is 0 Å². The molecule has 0 aromatic heterocycles. The van der Waals surface area contributed by atoms with E-state index in [0.717, 1.165) is 12.0 Å². The molecule has 4 heteroatoms. The molecule has 1 N–H and O–H groups in total. The molecule has 1 atom stereocenters. The van der Waals surface area contributed by atoms with E-state index in [2.05, 4.69) is 35.8 Å². The van der Waals surface area contributed by atoms with Gasteiger partial charge in [0, 0.05) is 10.9 Å². The lowest BCUT2D eigenvalue weighted by Crippen LogP contribution is -2.19. The summed E-state index contributed by atoms with van der Waals surface area (Å²) in [6, 6.07) is 14.4. The maximum absolute atomic E-state index is 6.29. The number of benzene rings is 2. The molecule has 0 amide bonds. The van der Waals surface area contributed by atoms with Crippen LogP contribution >= 0.6 is 35.0 Å². The Kier molecular flexibility index (Phi) is 5.79. The first kappa shape index (κ1) is 15.7. The molecule has 1 nitrogen and oxygen atoms in total. The summed E-state index contributed by atoms with van der Waals surface area (Å²) >= 11 is 14.1. The summed E-state index contributed by atoms with van der Waals surface area (Å²) in [5, 5.41) is 4.63. The summed E-state index contributed by atoms with van der Waals surface area (Å²) in [5.41, 5.74) is 2.35. The Hall–Kier alpha value is -0.670. The SMILES string of the molecule is CNC(Cc1cccc(Cl)c1Cl)c1ccccc1SC. The normalized spacial score (nSPS) is 12.4. The lowest BCUT2D eigenvalue weighted by molar-refractivity contribution is 0.583. The van der Waals surface area contributed by atoms with Crippen molar-refractivity contribution >= 4 is 35.0 Å². The van der Waals surface area contributed by atoms with Crippen LogP contribution in [0.15, 0.2) is 47.4 Å². The summed E-state index contributed by atoms with van der Waals surface area (Å²) in [5.74, 6) is 0. The molecule has 0 aliphatic rings. The van der Waals surface area contributed by atoms with Crippen molar-refractivity contribution in [2.75, 3.05) is 13.3 Å². The largest absolute Gasteiger partial charge is 0.313 e. The van der Waals surface area contributed by atoms with E-state index in [-0.39, 0.29) is 6.04 Å². The van der Waals surface area contributed by atoms with Gasteiger partial charge in [-0.1, -0.05) is 53.5 Å². The van der Waals surface area contributed by atoms with Gasteiger partial charge < -0.3 is 5.32 Å². The van der Waals surface area contributed by atoms with Crippen LogP contribution in [0.2, 0.25) is 10.0 Å². The van der Waals surface area contributed by atoms with Crippen LogP contribution in [-0.4, -0.2) is 13.3 Å². The van der Waals surface area contributed by atoms with Crippen molar-refractivity contribution in [3.63, 3.8) is 0 Å². The Labute approximate surface area is 134 Å². The average Bonchev–Trinajstić information content (AvgIpc) is 2.49. The smallest absolute Gasteiger partial charge is 0.0624 e. The number of thioether (sulfide) groups is 1. The van der Waals surface area contributed by atoms with E-state index in [1.165, 1.54) is 10.5 Å². The molecule has 0 bridgehead atoms. The molecule has 0 heterocycles. The fourth-order valence-electron chi connectivity index (χ4n) is 2.25. The van der Waals surface area contributed by atoms with Gasteiger partial charge in [-0.2, -0.15) is 0 Å². The third-order valence-electron chi connectivity index (χ3n) is 3.32. The summed E-state index contributed by atoms with van der Waals surface area (Å²) < 4.78 is 0. The molecule has 2 rings (SSSR count). The minimum Gasteiger partial charge on any atom is -0.313 e. The fourth-order valence-corrected chi connectivity index (χ4v) is 3.31. The molecular weight excluding hydrogens is 309 g/mol. The topological polar surface area (TPSA) is 12.0 Å². The van der Waals surface area contributed by atoms with Crippen LogP contribution in [0.3, 0.4) is 0 Å². The molecule has 20 heavy (non-hydrogen) atoms. The lowest BCUT2D eigenvalue weighted by atomic mass is 9.99. The molecule has 0 spiro atoms. The van der Waals surface area contributed by atoms with Crippen molar-refractivity contribution in [3.05, 3.63) is 63.6 Å². The van der Waals surface area contributed by atoms with Crippen molar-refractivity contribution in [3.8, 4) is 0 Å². The first-order valence-corrected chi connectivity index (χ1v) is 8.38. The Morgan fingerprint density at radius 3 is 2.55 bits per heavy atom. The van der Waals surface area contributed by atoms with Crippen LogP contribution in [-0.2, 0) is 6.42 Å². The van der Waals surface area contributed by atoms with Gasteiger partial charge in [0.05, 0.1) is 10.0 Å². The van der Waals surface area contributed by atoms with Gasteiger partial charge in [-0.3, -0.25) is 0 Å². The molecule has 0 saturated carbocycles. The van der Waals surface area contributed by atoms with Gasteiger partial charge >= 0.3 is 0 Å². The highest BCUT2D eigenvalue weighted by Crippen LogP contribution is 2.32. The standard InChI is InChI=1S/C16H17Cl2NS/c1-19-14(12-7-3-4-9-15(12)20-2)10-11-6-5-8-13(17)16(11)18/h3-9,14,19H,10H2,1-2H3. The summed E-state index contributed by atoms with van der Waals surface area (Å²) in [6.07, 6.45) is 2.91. The number of hydrogen-bond donors (Lipinski definition) is 1. The molecule has 2 aromatic rings. The minimum atomic E-state index is 0.217. The quantitative estimate of drug-likeness (QED) is 0.756. The number of hydrogen-bond acceptors (Lipinski definition) is 2. The van der Waals surface area contributed by atoms with Gasteiger partial charge in [0.25, 0.3) is 0 Å². The van der Waals surface area contributed by atoms with E-state index in [4.69, 9.17) is 23.2 Å². The number of nitrogens with one attached hydrogen (secondary N) is 1. The van der Waals surface area contributed by atoms with Crippen molar-refractivity contribution < 1.29 is 0 Å². The zero-order valence-corrected chi connectivity index (χ0v) is 13.8.